The number of hydrogen-bond donors (Lipinski definition) is 0. The summed E-state index contributed by atoms with van der Waals surface area (Å²) in [4.78, 5) is 0. The molecule has 0 aliphatic carbocycles. The van der Waals surface area contributed by atoms with Gasteiger partial charge in [-0.3, -0.25) is 0 Å². The molecule has 0 bridgehead atoms. The van der Waals surface area contributed by atoms with Crippen LogP contribution < -0.4 is 30.3 Å². The Bertz CT molecular complexity index is 1530. The Morgan fingerprint density at radius 2 is 0.763 bits per heavy atom. The van der Waals surface area contributed by atoms with Crippen LogP contribution in [0, 0.1) is 0 Å². The third-order valence-corrected chi connectivity index (χ3v) is 9.99. The van der Waals surface area contributed by atoms with E-state index in [-0.39, 0.29) is 0 Å². The second kappa shape index (κ2) is 11.6. The first-order valence-electron chi connectivity index (χ1n) is 12.5. The molecule has 6 aromatic rings. The predicted octanol–water partition coefficient (Wildman–Crippen LogP) is 7.69. The second-order valence-electron chi connectivity index (χ2n) is 8.76. The molecule has 4 heteroatoms. The maximum atomic E-state index is 6.93. The van der Waals surface area contributed by atoms with Gasteiger partial charge in [-0.2, -0.15) is 0 Å². The Hall–Kier alpha value is -3.96. The van der Waals surface area contributed by atoms with Crippen LogP contribution in [0.4, 0.5) is 0 Å². The minimum absolute atomic E-state index is 0.800. The lowest BCUT2D eigenvalue weighted by Crippen LogP contribution is -2.16. The highest BCUT2D eigenvalue weighted by Gasteiger charge is 2.21. The summed E-state index contributed by atoms with van der Waals surface area (Å²) in [6, 6.07) is 54.4. The molecule has 0 aliphatic heterocycles. The normalized spacial score (nSPS) is 11.1. The predicted molar refractivity (Wildman–Crippen MR) is 163 cm³/mol. The standard InChI is InChI=1S/C34H26O2P2/c1-5-16-29(17-6-1)37(30-18-7-2-8-19-30)35-28-25-27-15-13-14-24-33(27)34(26-28)36-38(31-20-9-3-10-21-31)32-22-11-4-12-23-32/h1-26H. The van der Waals surface area contributed by atoms with Gasteiger partial charge in [-0.15, -0.1) is 0 Å². The van der Waals surface area contributed by atoms with E-state index in [9.17, 15) is 0 Å². The van der Waals surface area contributed by atoms with Crippen LogP contribution in [0.25, 0.3) is 10.8 Å². The topological polar surface area (TPSA) is 18.5 Å². The molecule has 0 unspecified atom stereocenters. The van der Waals surface area contributed by atoms with Gasteiger partial charge in [0.2, 0.25) is 0 Å². The lowest BCUT2D eigenvalue weighted by Gasteiger charge is -2.23. The van der Waals surface area contributed by atoms with Crippen LogP contribution in [0.3, 0.4) is 0 Å². The van der Waals surface area contributed by atoms with E-state index >= 15 is 0 Å². The summed E-state index contributed by atoms with van der Waals surface area (Å²) in [7, 11) is -2.12. The van der Waals surface area contributed by atoms with Crippen molar-refractivity contribution in [1.82, 2.24) is 0 Å². The molecule has 0 aromatic heterocycles. The molecular formula is C34H26O2P2. The fourth-order valence-corrected chi connectivity index (χ4v) is 7.80. The molecule has 0 atom stereocenters. The van der Waals surface area contributed by atoms with Crippen LogP contribution in [0.1, 0.15) is 0 Å². The molecule has 0 N–H and O–H groups in total. The lowest BCUT2D eigenvalue weighted by molar-refractivity contribution is 0.607. The summed E-state index contributed by atoms with van der Waals surface area (Å²) in [5.41, 5.74) is 0. The fraction of sp³-hybridized carbons (Fsp3) is 0. The molecule has 0 saturated heterocycles. The Labute approximate surface area is 226 Å². The van der Waals surface area contributed by atoms with Crippen LogP contribution in [0.5, 0.6) is 11.5 Å². The summed E-state index contributed by atoms with van der Waals surface area (Å²) in [5.74, 6) is 1.63. The van der Waals surface area contributed by atoms with Gasteiger partial charge in [0, 0.05) is 32.7 Å². The van der Waals surface area contributed by atoms with Gasteiger partial charge in [0.25, 0.3) is 0 Å². The van der Waals surface area contributed by atoms with Crippen molar-refractivity contribution < 1.29 is 9.05 Å². The molecule has 0 saturated carbocycles. The van der Waals surface area contributed by atoms with E-state index < -0.39 is 16.3 Å². The molecule has 6 aromatic carbocycles. The van der Waals surface area contributed by atoms with Crippen molar-refractivity contribution in [2.24, 2.45) is 0 Å². The minimum Gasteiger partial charge on any atom is -0.464 e. The SMILES string of the molecule is c1ccc(P(Oc2cc(OP(c3ccccc3)c3ccccc3)c3ccccc3c2)c2ccccc2)cc1. The van der Waals surface area contributed by atoms with E-state index in [1.807, 2.05) is 24.3 Å². The number of hydrogen-bond acceptors (Lipinski definition) is 2. The van der Waals surface area contributed by atoms with Gasteiger partial charge >= 0.3 is 0 Å². The highest BCUT2D eigenvalue weighted by molar-refractivity contribution is 7.69. The van der Waals surface area contributed by atoms with E-state index in [0.29, 0.717) is 0 Å². The molecule has 0 heterocycles. The zero-order chi connectivity index (χ0) is 25.6. The molecule has 0 radical (unpaired) electrons. The average molecular weight is 529 g/mol. The van der Waals surface area contributed by atoms with Crippen molar-refractivity contribution in [3.05, 3.63) is 158 Å². The Balaban J connectivity index is 1.43. The molecule has 0 spiro atoms. The first-order valence-corrected chi connectivity index (χ1v) is 15.1. The van der Waals surface area contributed by atoms with Crippen LogP contribution in [0.2, 0.25) is 0 Å². The highest BCUT2D eigenvalue weighted by Crippen LogP contribution is 2.44. The van der Waals surface area contributed by atoms with E-state index in [1.165, 1.54) is 21.2 Å². The van der Waals surface area contributed by atoms with Gasteiger partial charge in [-0.05, 0) is 11.5 Å². The van der Waals surface area contributed by atoms with Gasteiger partial charge in [0.1, 0.15) is 11.5 Å². The molecule has 0 amide bonds. The van der Waals surface area contributed by atoms with Crippen molar-refractivity contribution in [1.29, 1.82) is 0 Å². The van der Waals surface area contributed by atoms with Gasteiger partial charge in [-0.25, -0.2) is 0 Å². The smallest absolute Gasteiger partial charge is 0.150 e. The Morgan fingerprint density at radius 1 is 0.368 bits per heavy atom. The van der Waals surface area contributed by atoms with Crippen LogP contribution in [-0.2, 0) is 0 Å². The number of rotatable bonds is 8. The van der Waals surface area contributed by atoms with Crippen molar-refractivity contribution in [3.63, 3.8) is 0 Å². The minimum atomic E-state index is -1.07. The van der Waals surface area contributed by atoms with Crippen LogP contribution >= 0.6 is 16.3 Å². The second-order valence-corrected chi connectivity index (χ2v) is 12.4. The molecule has 0 aliphatic rings. The first kappa shape index (κ1) is 24.4. The van der Waals surface area contributed by atoms with E-state index in [0.717, 1.165) is 22.3 Å². The van der Waals surface area contributed by atoms with Crippen molar-refractivity contribution in [2.75, 3.05) is 0 Å². The number of benzene rings is 6. The zero-order valence-corrected chi connectivity index (χ0v) is 22.5. The van der Waals surface area contributed by atoms with Crippen LogP contribution in [0.15, 0.2) is 158 Å². The zero-order valence-electron chi connectivity index (χ0n) is 20.7. The van der Waals surface area contributed by atoms with Gasteiger partial charge in [-0.1, -0.05) is 146 Å². The van der Waals surface area contributed by atoms with Gasteiger partial charge in [0.15, 0.2) is 16.3 Å². The maximum absolute atomic E-state index is 6.93. The molecule has 38 heavy (non-hydrogen) atoms. The highest BCUT2D eigenvalue weighted by atomic mass is 31.1. The first-order chi connectivity index (χ1) is 18.8. The third kappa shape index (κ3) is 5.48. The van der Waals surface area contributed by atoms with Crippen LogP contribution in [-0.4, -0.2) is 0 Å². The summed E-state index contributed by atoms with van der Waals surface area (Å²) in [6.07, 6.45) is 0. The Morgan fingerprint density at radius 3 is 1.24 bits per heavy atom. The summed E-state index contributed by atoms with van der Waals surface area (Å²) in [6.45, 7) is 0. The number of fused-ring (bicyclic) bond motifs is 1. The maximum Gasteiger partial charge on any atom is 0.150 e. The fourth-order valence-electron chi connectivity index (χ4n) is 4.34. The Kier molecular flexibility index (Phi) is 7.45. The summed E-state index contributed by atoms with van der Waals surface area (Å²) in [5, 5.41) is 6.83. The van der Waals surface area contributed by atoms with Crippen molar-refractivity contribution >= 4 is 48.3 Å². The summed E-state index contributed by atoms with van der Waals surface area (Å²) < 4.78 is 13.7. The van der Waals surface area contributed by atoms with Crippen molar-refractivity contribution in [2.45, 2.75) is 0 Å². The van der Waals surface area contributed by atoms with Gasteiger partial charge < -0.3 is 9.05 Å². The molecular weight excluding hydrogens is 502 g/mol. The average Bonchev–Trinajstić information content (AvgIpc) is 3.00. The molecule has 6 rings (SSSR count). The van der Waals surface area contributed by atoms with Gasteiger partial charge in [0.05, 0.1) is 0 Å². The molecule has 2 nitrogen and oxygen atoms in total. The molecule has 184 valence electrons. The van der Waals surface area contributed by atoms with E-state index in [1.54, 1.807) is 0 Å². The van der Waals surface area contributed by atoms with Crippen molar-refractivity contribution in [3.8, 4) is 11.5 Å². The van der Waals surface area contributed by atoms with E-state index in [4.69, 9.17) is 9.05 Å². The largest absolute Gasteiger partial charge is 0.464 e. The summed E-state index contributed by atoms with van der Waals surface area (Å²) >= 11 is 0. The molecule has 0 fully saturated rings. The lowest BCUT2D eigenvalue weighted by atomic mass is 10.1. The monoisotopic (exact) mass is 528 g/mol. The third-order valence-electron chi connectivity index (χ3n) is 6.15. The van der Waals surface area contributed by atoms with E-state index in [2.05, 4.69) is 133 Å². The quantitative estimate of drug-likeness (QED) is 0.189.